The molecule has 0 bridgehead atoms. The summed E-state index contributed by atoms with van der Waals surface area (Å²) >= 11 is 0. The van der Waals surface area contributed by atoms with Gasteiger partial charge < -0.3 is 0 Å². The fourth-order valence-corrected chi connectivity index (χ4v) is 1.99. The van der Waals surface area contributed by atoms with E-state index in [1.807, 2.05) is 0 Å². The van der Waals surface area contributed by atoms with Gasteiger partial charge in [0.2, 0.25) is 0 Å². The molecule has 0 saturated heterocycles. The van der Waals surface area contributed by atoms with Crippen molar-refractivity contribution < 1.29 is 0 Å². The van der Waals surface area contributed by atoms with Crippen LogP contribution in [0.5, 0.6) is 0 Å². The van der Waals surface area contributed by atoms with E-state index in [4.69, 9.17) is 0 Å². The third-order valence-electron chi connectivity index (χ3n) is 3.01. The van der Waals surface area contributed by atoms with Crippen molar-refractivity contribution in [1.29, 1.82) is 0 Å². The molecule has 0 aromatic rings. The molecule has 2 aliphatic carbocycles. The van der Waals surface area contributed by atoms with Crippen LogP contribution in [0.3, 0.4) is 0 Å². The lowest BCUT2D eigenvalue weighted by Crippen LogP contribution is -1.87. The molecule has 0 radical (unpaired) electrons. The van der Waals surface area contributed by atoms with Gasteiger partial charge in [-0.3, -0.25) is 0 Å². The first-order valence-corrected chi connectivity index (χ1v) is 4.97. The Morgan fingerprint density at radius 3 is 1.69 bits per heavy atom. The van der Waals surface area contributed by atoms with Crippen molar-refractivity contribution in [3.8, 4) is 0 Å². The lowest BCUT2D eigenvalue weighted by atomic mass is 9.99. The quantitative estimate of drug-likeness (QED) is 0.592. The third kappa shape index (κ3) is 1.67. The highest BCUT2D eigenvalue weighted by molar-refractivity contribution is 5.40. The van der Waals surface area contributed by atoms with E-state index in [0.717, 1.165) is 0 Å². The van der Waals surface area contributed by atoms with Crippen molar-refractivity contribution in [3.05, 3.63) is 46.6 Å². The van der Waals surface area contributed by atoms with Crippen LogP contribution >= 0.6 is 0 Å². The molecule has 0 N–H and O–H groups in total. The topological polar surface area (TPSA) is 0 Å². The van der Waals surface area contributed by atoms with E-state index < -0.39 is 0 Å². The van der Waals surface area contributed by atoms with Crippen LogP contribution in [-0.2, 0) is 0 Å². The minimum absolute atomic E-state index is 1.17. The lowest BCUT2D eigenvalue weighted by Gasteiger charge is -2.06. The van der Waals surface area contributed by atoms with E-state index in [2.05, 4.69) is 38.2 Å². The van der Waals surface area contributed by atoms with Crippen molar-refractivity contribution in [2.45, 2.75) is 33.1 Å². The van der Waals surface area contributed by atoms with Crippen molar-refractivity contribution >= 4 is 0 Å². The second-order valence-electron chi connectivity index (χ2n) is 3.96. The molecule has 0 aromatic heterocycles. The van der Waals surface area contributed by atoms with E-state index in [0.29, 0.717) is 0 Å². The van der Waals surface area contributed by atoms with E-state index >= 15 is 0 Å². The Kier molecular flexibility index (Phi) is 2.22. The van der Waals surface area contributed by atoms with Crippen LogP contribution in [-0.4, -0.2) is 0 Å². The molecule has 0 spiro atoms. The zero-order valence-electron chi connectivity index (χ0n) is 8.43. The average Bonchev–Trinajstić information content (AvgIpc) is 2.65. The zero-order chi connectivity index (χ0) is 9.26. The summed E-state index contributed by atoms with van der Waals surface area (Å²) in [5, 5.41) is 0. The smallest absolute Gasteiger partial charge is 0.00908 e. The Hall–Kier alpha value is -1.04. The summed E-state index contributed by atoms with van der Waals surface area (Å²) in [5.74, 6) is 0. The molecule has 2 aliphatic rings. The molecule has 0 amide bonds. The van der Waals surface area contributed by atoms with Gasteiger partial charge in [0, 0.05) is 0 Å². The summed E-state index contributed by atoms with van der Waals surface area (Å²) in [6.07, 6.45) is 12.6. The molecule has 2 rings (SSSR count). The number of rotatable bonds is 2. The van der Waals surface area contributed by atoms with Gasteiger partial charge in [-0.05, 0) is 33.1 Å². The fourth-order valence-electron chi connectivity index (χ4n) is 1.99. The van der Waals surface area contributed by atoms with Crippen LogP contribution in [0.2, 0.25) is 0 Å². The van der Waals surface area contributed by atoms with Crippen LogP contribution in [0.15, 0.2) is 46.6 Å². The summed E-state index contributed by atoms with van der Waals surface area (Å²) in [6, 6.07) is 0. The normalized spacial score (nSPS) is 21.1. The van der Waals surface area contributed by atoms with Gasteiger partial charge >= 0.3 is 0 Å². The van der Waals surface area contributed by atoms with E-state index in [1.165, 1.54) is 30.4 Å². The Bertz CT molecular complexity index is 301. The highest BCUT2D eigenvalue weighted by atomic mass is 14.2. The maximum Gasteiger partial charge on any atom is -0.00908 e. The van der Waals surface area contributed by atoms with Crippen LogP contribution < -0.4 is 0 Å². The van der Waals surface area contributed by atoms with Gasteiger partial charge in [-0.15, -0.1) is 0 Å². The first-order chi connectivity index (χ1) is 6.27. The molecule has 0 heteroatoms. The molecule has 0 atom stereocenters. The monoisotopic (exact) mass is 172 g/mol. The van der Waals surface area contributed by atoms with Gasteiger partial charge in [0.25, 0.3) is 0 Å². The molecule has 0 heterocycles. The standard InChI is InChI=1S/C13H16/c1-10-5-3-7-12(10)9-13-8-4-6-11(13)2/h3-6H,7-9H2,1-2H3. The van der Waals surface area contributed by atoms with Crippen LogP contribution in [0.4, 0.5) is 0 Å². The third-order valence-corrected chi connectivity index (χ3v) is 3.01. The Labute approximate surface area is 80.3 Å². The second kappa shape index (κ2) is 3.37. The Balaban J connectivity index is 2.08. The minimum Gasteiger partial charge on any atom is -0.0802 e. The van der Waals surface area contributed by atoms with Gasteiger partial charge in [0.1, 0.15) is 0 Å². The van der Waals surface area contributed by atoms with Gasteiger partial charge in [-0.1, -0.05) is 46.6 Å². The summed E-state index contributed by atoms with van der Waals surface area (Å²) in [5.41, 5.74) is 6.18. The fraction of sp³-hybridized carbons (Fsp3) is 0.385. The van der Waals surface area contributed by atoms with E-state index in [1.54, 1.807) is 11.1 Å². The minimum atomic E-state index is 1.17. The van der Waals surface area contributed by atoms with Gasteiger partial charge in [0.15, 0.2) is 0 Å². The summed E-state index contributed by atoms with van der Waals surface area (Å²) < 4.78 is 0. The lowest BCUT2D eigenvalue weighted by molar-refractivity contribution is 1.00. The molecule has 0 saturated carbocycles. The highest BCUT2D eigenvalue weighted by Gasteiger charge is 2.10. The Morgan fingerprint density at radius 2 is 1.38 bits per heavy atom. The summed E-state index contributed by atoms with van der Waals surface area (Å²) in [6.45, 7) is 4.44. The van der Waals surface area contributed by atoms with Crippen molar-refractivity contribution in [2.24, 2.45) is 0 Å². The molecule has 13 heavy (non-hydrogen) atoms. The number of allylic oxidation sites excluding steroid dienone is 8. The van der Waals surface area contributed by atoms with E-state index in [9.17, 15) is 0 Å². The average molecular weight is 172 g/mol. The largest absolute Gasteiger partial charge is 0.0802 e. The van der Waals surface area contributed by atoms with Crippen LogP contribution in [0, 0.1) is 0 Å². The first kappa shape index (κ1) is 8.55. The first-order valence-electron chi connectivity index (χ1n) is 4.97. The SMILES string of the molecule is CC1=C(CC2=C(C)C=CC2)CC=C1. The van der Waals surface area contributed by atoms with Crippen LogP contribution in [0.25, 0.3) is 0 Å². The highest BCUT2D eigenvalue weighted by Crippen LogP contribution is 2.30. The second-order valence-corrected chi connectivity index (χ2v) is 3.96. The number of hydrogen-bond acceptors (Lipinski definition) is 0. The number of hydrogen-bond donors (Lipinski definition) is 0. The van der Waals surface area contributed by atoms with E-state index in [-0.39, 0.29) is 0 Å². The van der Waals surface area contributed by atoms with Gasteiger partial charge in [-0.25, -0.2) is 0 Å². The molecule has 0 fully saturated rings. The maximum absolute atomic E-state index is 2.27. The Morgan fingerprint density at radius 1 is 0.923 bits per heavy atom. The zero-order valence-corrected chi connectivity index (χ0v) is 8.43. The summed E-state index contributed by atoms with van der Waals surface area (Å²) in [7, 11) is 0. The molecular formula is C13H16. The van der Waals surface area contributed by atoms with Crippen molar-refractivity contribution in [1.82, 2.24) is 0 Å². The maximum atomic E-state index is 2.27. The molecule has 0 aromatic carbocycles. The molecular weight excluding hydrogens is 156 g/mol. The van der Waals surface area contributed by atoms with Crippen molar-refractivity contribution in [2.75, 3.05) is 0 Å². The predicted molar refractivity (Wildman–Crippen MR) is 57.5 cm³/mol. The molecule has 0 nitrogen and oxygen atoms in total. The molecule has 0 unspecified atom stereocenters. The molecule has 0 aliphatic heterocycles. The van der Waals surface area contributed by atoms with Crippen molar-refractivity contribution in [3.63, 3.8) is 0 Å². The summed E-state index contributed by atoms with van der Waals surface area (Å²) in [4.78, 5) is 0. The van der Waals surface area contributed by atoms with Gasteiger partial charge in [0.05, 0.1) is 0 Å². The van der Waals surface area contributed by atoms with Crippen LogP contribution in [0.1, 0.15) is 33.1 Å². The molecule has 68 valence electrons. The predicted octanol–water partition coefficient (Wildman–Crippen LogP) is 3.93. The van der Waals surface area contributed by atoms with Gasteiger partial charge in [-0.2, -0.15) is 0 Å².